The van der Waals surface area contributed by atoms with Gasteiger partial charge >= 0.3 is 5.97 Å². The number of aliphatic carboxylic acids is 1. The molecule has 0 saturated heterocycles. The molecule has 2 aromatic rings. The van der Waals surface area contributed by atoms with E-state index in [1.54, 1.807) is 11.9 Å². The molecule has 0 amide bonds. The number of hydrogen-bond donors (Lipinski definition) is 1. The fraction of sp³-hybridized carbons (Fsp3) is 0.214. The van der Waals surface area contributed by atoms with Crippen LogP contribution >= 0.6 is 15.9 Å². The average Bonchev–Trinajstić information content (AvgIpc) is 2.46. The number of carboxylic acids is 1. The number of rotatable bonds is 5. The van der Waals surface area contributed by atoms with Crippen LogP contribution in [0.2, 0.25) is 0 Å². The minimum absolute atomic E-state index is 0.0760. The zero-order valence-corrected chi connectivity index (χ0v) is 12.5. The van der Waals surface area contributed by atoms with Crippen LogP contribution in [0.3, 0.4) is 0 Å². The SMILES string of the molecule is CN(CCC(=O)O)c1ccc(-c2ccc(Br)cc2)nn1. The molecule has 0 radical (unpaired) electrons. The molecule has 6 heteroatoms. The van der Waals surface area contributed by atoms with Crippen LogP contribution in [0.25, 0.3) is 11.3 Å². The maximum atomic E-state index is 10.5. The molecular formula is C14H14BrN3O2. The van der Waals surface area contributed by atoms with Gasteiger partial charge in [0.2, 0.25) is 0 Å². The molecule has 0 spiro atoms. The average molecular weight is 336 g/mol. The van der Waals surface area contributed by atoms with Gasteiger partial charge in [-0.3, -0.25) is 4.79 Å². The summed E-state index contributed by atoms with van der Waals surface area (Å²) in [6, 6.07) is 11.5. The molecule has 0 bridgehead atoms. The summed E-state index contributed by atoms with van der Waals surface area (Å²) in [5, 5.41) is 17.0. The Morgan fingerprint density at radius 2 is 1.90 bits per heavy atom. The van der Waals surface area contributed by atoms with Crippen LogP contribution < -0.4 is 4.90 Å². The number of carboxylic acid groups (broad SMARTS) is 1. The Hall–Kier alpha value is -1.95. The lowest BCUT2D eigenvalue weighted by Crippen LogP contribution is -2.22. The summed E-state index contributed by atoms with van der Waals surface area (Å²) >= 11 is 3.39. The Kier molecular flexibility index (Phi) is 4.68. The number of hydrogen-bond acceptors (Lipinski definition) is 4. The van der Waals surface area contributed by atoms with Crippen molar-refractivity contribution in [3.63, 3.8) is 0 Å². The van der Waals surface area contributed by atoms with Crippen molar-refractivity contribution in [2.75, 3.05) is 18.5 Å². The number of nitrogens with zero attached hydrogens (tertiary/aromatic N) is 3. The number of anilines is 1. The number of aromatic nitrogens is 2. The van der Waals surface area contributed by atoms with Crippen molar-refractivity contribution in [1.29, 1.82) is 0 Å². The Labute approximate surface area is 125 Å². The van der Waals surface area contributed by atoms with E-state index in [1.165, 1.54) is 0 Å². The Morgan fingerprint density at radius 1 is 1.20 bits per heavy atom. The summed E-state index contributed by atoms with van der Waals surface area (Å²) in [7, 11) is 1.80. The van der Waals surface area contributed by atoms with E-state index in [-0.39, 0.29) is 6.42 Å². The molecule has 20 heavy (non-hydrogen) atoms. The lowest BCUT2D eigenvalue weighted by atomic mass is 10.1. The van der Waals surface area contributed by atoms with Crippen LogP contribution in [0.5, 0.6) is 0 Å². The van der Waals surface area contributed by atoms with E-state index in [9.17, 15) is 4.79 Å². The third-order valence-electron chi connectivity index (χ3n) is 2.84. The van der Waals surface area contributed by atoms with Gasteiger partial charge in [0.05, 0.1) is 12.1 Å². The molecule has 1 heterocycles. The maximum Gasteiger partial charge on any atom is 0.305 e. The van der Waals surface area contributed by atoms with Crippen molar-refractivity contribution < 1.29 is 9.90 Å². The third kappa shape index (κ3) is 3.77. The first-order valence-electron chi connectivity index (χ1n) is 6.09. The second kappa shape index (κ2) is 6.47. The van der Waals surface area contributed by atoms with Crippen LogP contribution in [0, 0.1) is 0 Å². The zero-order valence-electron chi connectivity index (χ0n) is 11.0. The van der Waals surface area contributed by atoms with Crippen molar-refractivity contribution in [2.45, 2.75) is 6.42 Å². The molecule has 0 aliphatic carbocycles. The third-order valence-corrected chi connectivity index (χ3v) is 3.37. The van der Waals surface area contributed by atoms with E-state index < -0.39 is 5.97 Å². The zero-order chi connectivity index (χ0) is 14.5. The Bertz CT molecular complexity index is 584. The molecular weight excluding hydrogens is 322 g/mol. The molecule has 104 valence electrons. The standard InChI is InChI=1S/C14H14BrN3O2/c1-18(9-8-14(19)20)13-7-6-12(16-17-13)10-2-4-11(15)5-3-10/h2-7H,8-9H2,1H3,(H,19,20). The first kappa shape index (κ1) is 14.5. The second-order valence-electron chi connectivity index (χ2n) is 4.35. The van der Waals surface area contributed by atoms with Gasteiger partial charge in [-0.1, -0.05) is 28.1 Å². The molecule has 0 fully saturated rings. The van der Waals surface area contributed by atoms with Gasteiger partial charge in [-0.15, -0.1) is 10.2 Å². The summed E-state index contributed by atoms with van der Waals surface area (Å²) in [6.45, 7) is 0.404. The highest BCUT2D eigenvalue weighted by Gasteiger charge is 2.07. The smallest absolute Gasteiger partial charge is 0.305 e. The van der Waals surface area contributed by atoms with E-state index in [1.807, 2.05) is 36.4 Å². The van der Waals surface area contributed by atoms with Gasteiger partial charge in [-0.25, -0.2) is 0 Å². The fourth-order valence-corrected chi connectivity index (χ4v) is 1.95. The van der Waals surface area contributed by atoms with Gasteiger partial charge in [0.25, 0.3) is 0 Å². The van der Waals surface area contributed by atoms with E-state index in [0.29, 0.717) is 12.4 Å². The van der Waals surface area contributed by atoms with E-state index in [2.05, 4.69) is 26.1 Å². The molecule has 0 aliphatic heterocycles. The van der Waals surface area contributed by atoms with Crippen LogP contribution in [0.1, 0.15) is 6.42 Å². The van der Waals surface area contributed by atoms with Gasteiger partial charge < -0.3 is 10.0 Å². The normalized spacial score (nSPS) is 10.3. The number of halogens is 1. The molecule has 1 aromatic heterocycles. The molecule has 1 N–H and O–H groups in total. The Balaban J connectivity index is 2.09. The molecule has 0 atom stereocenters. The van der Waals surface area contributed by atoms with Crippen LogP contribution in [0.4, 0.5) is 5.82 Å². The summed E-state index contributed by atoms with van der Waals surface area (Å²) < 4.78 is 1.01. The summed E-state index contributed by atoms with van der Waals surface area (Å²) in [5.41, 5.74) is 1.77. The van der Waals surface area contributed by atoms with Crippen LogP contribution in [-0.2, 0) is 4.79 Å². The van der Waals surface area contributed by atoms with E-state index in [0.717, 1.165) is 15.7 Å². The van der Waals surface area contributed by atoms with Crippen LogP contribution in [-0.4, -0.2) is 34.9 Å². The van der Waals surface area contributed by atoms with E-state index in [4.69, 9.17) is 5.11 Å². The number of benzene rings is 1. The van der Waals surface area contributed by atoms with Crippen molar-refractivity contribution in [2.24, 2.45) is 0 Å². The molecule has 1 aromatic carbocycles. The van der Waals surface area contributed by atoms with Gasteiger partial charge in [0.1, 0.15) is 0 Å². The van der Waals surface area contributed by atoms with Crippen molar-refractivity contribution in [1.82, 2.24) is 10.2 Å². The van der Waals surface area contributed by atoms with E-state index >= 15 is 0 Å². The second-order valence-corrected chi connectivity index (χ2v) is 5.26. The topological polar surface area (TPSA) is 66.3 Å². The van der Waals surface area contributed by atoms with Gasteiger partial charge in [0.15, 0.2) is 5.82 Å². The minimum Gasteiger partial charge on any atom is -0.481 e. The van der Waals surface area contributed by atoms with Crippen molar-refractivity contribution >= 4 is 27.7 Å². The highest BCUT2D eigenvalue weighted by molar-refractivity contribution is 9.10. The minimum atomic E-state index is -0.823. The molecule has 0 aliphatic rings. The Morgan fingerprint density at radius 3 is 2.45 bits per heavy atom. The summed E-state index contributed by atoms with van der Waals surface area (Å²) in [4.78, 5) is 12.3. The highest BCUT2D eigenvalue weighted by Crippen LogP contribution is 2.20. The predicted octanol–water partition coefficient (Wildman–Crippen LogP) is 2.82. The molecule has 2 rings (SSSR count). The molecule has 5 nitrogen and oxygen atoms in total. The quantitative estimate of drug-likeness (QED) is 0.909. The largest absolute Gasteiger partial charge is 0.481 e. The predicted molar refractivity (Wildman–Crippen MR) is 80.7 cm³/mol. The highest BCUT2D eigenvalue weighted by atomic mass is 79.9. The maximum absolute atomic E-state index is 10.5. The molecule has 0 unspecified atom stereocenters. The van der Waals surface area contributed by atoms with Crippen LogP contribution in [0.15, 0.2) is 40.9 Å². The monoisotopic (exact) mass is 335 g/mol. The first-order chi connectivity index (χ1) is 9.56. The van der Waals surface area contributed by atoms with Crippen molar-refractivity contribution in [3.05, 3.63) is 40.9 Å². The summed E-state index contributed by atoms with van der Waals surface area (Å²) in [6.07, 6.45) is 0.0760. The lowest BCUT2D eigenvalue weighted by molar-refractivity contribution is -0.136. The van der Waals surface area contributed by atoms with Gasteiger partial charge in [0, 0.05) is 23.6 Å². The van der Waals surface area contributed by atoms with Gasteiger partial charge in [-0.05, 0) is 24.3 Å². The van der Waals surface area contributed by atoms with Gasteiger partial charge in [-0.2, -0.15) is 0 Å². The fourth-order valence-electron chi connectivity index (χ4n) is 1.68. The molecule has 0 saturated carbocycles. The summed E-state index contributed by atoms with van der Waals surface area (Å²) in [5.74, 6) is -0.164. The lowest BCUT2D eigenvalue weighted by Gasteiger charge is -2.16. The number of carbonyl (C=O) groups is 1. The van der Waals surface area contributed by atoms with Crippen molar-refractivity contribution in [3.8, 4) is 11.3 Å². The first-order valence-corrected chi connectivity index (χ1v) is 6.88.